The third-order valence-corrected chi connectivity index (χ3v) is 2.40. The Labute approximate surface area is 84.2 Å². The highest BCUT2D eigenvalue weighted by atomic mass is 15.3. The summed E-state index contributed by atoms with van der Waals surface area (Å²) >= 11 is 0. The lowest BCUT2D eigenvalue weighted by atomic mass is 10.4. The van der Waals surface area contributed by atoms with Crippen molar-refractivity contribution in [1.82, 2.24) is 9.97 Å². The number of nitrogens with zero attached hydrogens (tertiary/aromatic N) is 3. The molecule has 1 saturated carbocycles. The van der Waals surface area contributed by atoms with E-state index < -0.39 is 0 Å². The van der Waals surface area contributed by atoms with Crippen molar-refractivity contribution in [3.05, 3.63) is 18.0 Å². The fourth-order valence-corrected chi connectivity index (χ4v) is 1.55. The summed E-state index contributed by atoms with van der Waals surface area (Å²) < 4.78 is 0. The summed E-state index contributed by atoms with van der Waals surface area (Å²) in [6.45, 7) is 3.50. The van der Waals surface area contributed by atoms with Crippen LogP contribution in [0, 0.1) is 6.92 Å². The highest BCUT2D eigenvalue weighted by molar-refractivity contribution is 5.34. The predicted molar refractivity (Wildman–Crippen MR) is 56.2 cm³/mol. The van der Waals surface area contributed by atoms with Crippen LogP contribution in [0.2, 0.25) is 0 Å². The van der Waals surface area contributed by atoms with E-state index >= 15 is 0 Å². The lowest BCUT2D eigenvalue weighted by molar-refractivity contribution is 0.751. The molecule has 0 aromatic carbocycles. The molecule has 0 atom stereocenters. The first-order chi connectivity index (χ1) is 6.81. The second-order valence-electron chi connectivity index (χ2n) is 3.71. The molecule has 2 rings (SSSR count). The molecule has 1 aliphatic carbocycles. The van der Waals surface area contributed by atoms with Gasteiger partial charge in [0.25, 0.3) is 0 Å². The Balaban J connectivity index is 2.16. The maximum absolute atomic E-state index is 5.57. The molecule has 0 saturated heterocycles. The van der Waals surface area contributed by atoms with Crippen molar-refractivity contribution in [1.29, 1.82) is 0 Å². The highest BCUT2D eigenvalue weighted by Gasteiger charge is 2.30. The summed E-state index contributed by atoms with van der Waals surface area (Å²) in [5.41, 5.74) is 6.58. The van der Waals surface area contributed by atoms with Gasteiger partial charge in [-0.15, -0.1) is 0 Å². The number of nitrogens with two attached hydrogens (primary N) is 1. The van der Waals surface area contributed by atoms with Crippen molar-refractivity contribution < 1.29 is 0 Å². The molecule has 1 fully saturated rings. The quantitative estimate of drug-likeness (QED) is 0.763. The summed E-state index contributed by atoms with van der Waals surface area (Å²) in [6, 6.07) is 2.54. The fraction of sp³-hybridized carbons (Fsp3) is 0.600. The molecule has 76 valence electrons. The number of rotatable bonds is 4. The first-order valence-electron chi connectivity index (χ1n) is 5.07. The zero-order valence-corrected chi connectivity index (χ0v) is 8.48. The number of anilines is 1. The van der Waals surface area contributed by atoms with E-state index in [1.54, 1.807) is 0 Å². The van der Waals surface area contributed by atoms with Gasteiger partial charge < -0.3 is 10.6 Å². The van der Waals surface area contributed by atoms with Crippen molar-refractivity contribution in [2.75, 3.05) is 18.0 Å². The van der Waals surface area contributed by atoms with Crippen LogP contribution >= 0.6 is 0 Å². The third-order valence-electron chi connectivity index (χ3n) is 2.40. The monoisotopic (exact) mass is 192 g/mol. The van der Waals surface area contributed by atoms with Gasteiger partial charge in [0.05, 0.1) is 0 Å². The van der Waals surface area contributed by atoms with Crippen molar-refractivity contribution in [2.24, 2.45) is 5.73 Å². The van der Waals surface area contributed by atoms with Crippen LogP contribution in [-0.2, 0) is 0 Å². The molecule has 0 unspecified atom stereocenters. The Morgan fingerprint density at radius 3 is 2.93 bits per heavy atom. The molecule has 0 spiro atoms. The zero-order chi connectivity index (χ0) is 9.97. The Kier molecular flexibility index (Phi) is 2.63. The molecular formula is C10H16N4. The normalized spacial score (nSPS) is 15.6. The second-order valence-corrected chi connectivity index (χ2v) is 3.71. The van der Waals surface area contributed by atoms with Gasteiger partial charge in [-0.25, -0.2) is 9.97 Å². The minimum absolute atomic E-state index is 0.625. The number of aromatic nitrogens is 2. The molecule has 0 aliphatic heterocycles. The van der Waals surface area contributed by atoms with Gasteiger partial charge in [-0.05, 0) is 25.8 Å². The molecule has 14 heavy (non-hydrogen) atoms. The predicted octanol–water partition coefficient (Wildman–Crippen LogP) is 0.713. The van der Waals surface area contributed by atoms with Gasteiger partial charge in [0, 0.05) is 31.0 Å². The Morgan fingerprint density at radius 2 is 2.36 bits per heavy atom. The highest BCUT2D eigenvalue weighted by Crippen LogP contribution is 2.29. The van der Waals surface area contributed by atoms with Crippen molar-refractivity contribution in [2.45, 2.75) is 25.8 Å². The van der Waals surface area contributed by atoms with E-state index in [9.17, 15) is 0 Å². The average molecular weight is 192 g/mol. The van der Waals surface area contributed by atoms with Crippen LogP contribution in [0.1, 0.15) is 18.5 Å². The largest absolute Gasteiger partial charge is 0.337 e. The molecular weight excluding hydrogens is 176 g/mol. The van der Waals surface area contributed by atoms with Gasteiger partial charge in [-0.3, -0.25) is 0 Å². The van der Waals surface area contributed by atoms with E-state index in [2.05, 4.69) is 14.9 Å². The number of aryl methyl sites for hydroxylation is 1. The summed E-state index contributed by atoms with van der Waals surface area (Å²) in [4.78, 5) is 10.9. The summed E-state index contributed by atoms with van der Waals surface area (Å²) in [6.07, 6.45) is 4.30. The van der Waals surface area contributed by atoms with Gasteiger partial charge in [0.2, 0.25) is 5.95 Å². The summed E-state index contributed by atoms with van der Waals surface area (Å²) in [5.74, 6) is 0.831. The minimum Gasteiger partial charge on any atom is -0.337 e. The molecule has 1 aromatic heterocycles. The first-order valence-corrected chi connectivity index (χ1v) is 5.07. The molecule has 0 bridgehead atoms. The fourth-order valence-electron chi connectivity index (χ4n) is 1.55. The van der Waals surface area contributed by atoms with Crippen LogP contribution in [-0.4, -0.2) is 29.1 Å². The Morgan fingerprint density at radius 1 is 1.57 bits per heavy atom. The van der Waals surface area contributed by atoms with Gasteiger partial charge in [-0.2, -0.15) is 0 Å². The van der Waals surface area contributed by atoms with Crippen LogP contribution < -0.4 is 10.6 Å². The number of hydrogen-bond donors (Lipinski definition) is 1. The maximum atomic E-state index is 5.57. The first kappa shape index (κ1) is 9.40. The van der Waals surface area contributed by atoms with Crippen molar-refractivity contribution >= 4 is 5.95 Å². The molecule has 2 N–H and O–H groups in total. The van der Waals surface area contributed by atoms with Gasteiger partial charge in [0.15, 0.2) is 0 Å². The Bertz CT molecular complexity index is 309. The number of hydrogen-bond acceptors (Lipinski definition) is 4. The summed E-state index contributed by atoms with van der Waals surface area (Å²) in [5, 5.41) is 0. The van der Waals surface area contributed by atoms with E-state index in [4.69, 9.17) is 5.73 Å². The third kappa shape index (κ3) is 2.01. The average Bonchev–Trinajstić information content (AvgIpc) is 2.97. The molecule has 0 amide bonds. The SMILES string of the molecule is Cc1ccnc(N(CCN)C2CC2)n1. The lowest BCUT2D eigenvalue weighted by Crippen LogP contribution is -2.32. The Hall–Kier alpha value is -1.16. The molecule has 1 aromatic rings. The lowest BCUT2D eigenvalue weighted by Gasteiger charge is -2.21. The molecule has 1 heterocycles. The van der Waals surface area contributed by atoms with Gasteiger partial charge >= 0.3 is 0 Å². The minimum atomic E-state index is 0.625. The maximum Gasteiger partial charge on any atom is 0.225 e. The zero-order valence-electron chi connectivity index (χ0n) is 8.48. The van der Waals surface area contributed by atoms with E-state index in [1.807, 2.05) is 19.2 Å². The second kappa shape index (κ2) is 3.92. The van der Waals surface area contributed by atoms with Crippen molar-refractivity contribution in [3.8, 4) is 0 Å². The standard InChI is InChI=1S/C10H16N4/c1-8-4-6-12-10(13-8)14(7-5-11)9-2-3-9/h4,6,9H,2-3,5,7,11H2,1H3. The van der Waals surface area contributed by atoms with E-state index in [0.29, 0.717) is 12.6 Å². The van der Waals surface area contributed by atoms with Crippen LogP contribution in [0.15, 0.2) is 12.3 Å². The van der Waals surface area contributed by atoms with E-state index in [0.717, 1.165) is 18.2 Å². The van der Waals surface area contributed by atoms with Gasteiger partial charge in [-0.1, -0.05) is 0 Å². The van der Waals surface area contributed by atoms with Gasteiger partial charge in [0.1, 0.15) is 0 Å². The molecule has 4 heteroatoms. The molecule has 1 aliphatic rings. The van der Waals surface area contributed by atoms with Crippen molar-refractivity contribution in [3.63, 3.8) is 0 Å². The van der Waals surface area contributed by atoms with Crippen LogP contribution in [0.5, 0.6) is 0 Å². The topological polar surface area (TPSA) is 55.0 Å². The van der Waals surface area contributed by atoms with Crippen LogP contribution in [0.25, 0.3) is 0 Å². The van der Waals surface area contributed by atoms with E-state index in [-0.39, 0.29) is 0 Å². The molecule has 4 nitrogen and oxygen atoms in total. The summed E-state index contributed by atoms with van der Waals surface area (Å²) in [7, 11) is 0. The van der Waals surface area contributed by atoms with Crippen LogP contribution in [0.4, 0.5) is 5.95 Å². The smallest absolute Gasteiger partial charge is 0.225 e. The molecule has 0 radical (unpaired) electrons. The van der Waals surface area contributed by atoms with E-state index in [1.165, 1.54) is 12.8 Å². The van der Waals surface area contributed by atoms with Crippen LogP contribution in [0.3, 0.4) is 0 Å².